The standard InChI is InChI=1S/C20H23NO7/c1-26-16-8-7-12(9-17(16)27-2)15(22)11-28-18(23)10-21-19(24)13-5-3-4-6-14(13)20(21)25/h7-9,13-14H,3-6,10-11H2,1-2H3/t13-,14-/m0/s1. The van der Waals surface area contributed by atoms with E-state index in [2.05, 4.69) is 0 Å². The molecule has 1 saturated carbocycles. The normalized spacial score (nSPS) is 21.3. The van der Waals surface area contributed by atoms with Crippen LogP contribution in [-0.2, 0) is 19.1 Å². The van der Waals surface area contributed by atoms with E-state index in [1.165, 1.54) is 26.4 Å². The monoisotopic (exact) mass is 389 g/mol. The van der Waals surface area contributed by atoms with Gasteiger partial charge >= 0.3 is 5.97 Å². The molecule has 2 aliphatic rings. The molecular weight excluding hydrogens is 366 g/mol. The molecule has 150 valence electrons. The smallest absolute Gasteiger partial charge is 0.326 e. The Bertz CT molecular complexity index is 780. The highest BCUT2D eigenvalue weighted by molar-refractivity contribution is 6.07. The van der Waals surface area contributed by atoms with Gasteiger partial charge in [0.05, 0.1) is 26.1 Å². The Kier molecular flexibility index (Phi) is 5.96. The summed E-state index contributed by atoms with van der Waals surface area (Å²) in [7, 11) is 2.94. The third-order valence-corrected chi connectivity index (χ3v) is 5.29. The Balaban J connectivity index is 1.56. The van der Waals surface area contributed by atoms with Gasteiger partial charge in [0.2, 0.25) is 11.8 Å². The fourth-order valence-electron chi connectivity index (χ4n) is 3.80. The second kappa shape index (κ2) is 8.41. The van der Waals surface area contributed by atoms with Crippen LogP contribution >= 0.6 is 0 Å². The summed E-state index contributed by atoms with van der Waals surface area (Å²) in [4.78, 5) is 50.1. The number of hydrogen-bond donors (Lipinski definition) is 0. The average Bonchev–Trinajstić information content (AvgIpc) is 2.96. The van der Waals surface area contributed by atoms with Crippen molar-refractivity contribution in [1.82, 2.24) is 4.90 Å². The fraction of sp³-hybridized carbons (Fsp3) is 0.500. The number of esters is 1. The van der Waals surface area contributed by atoms with Crippen LogP contribution in [0.5, 0.6) is 11.5 Å². The van der Waals surface area contributed by atoms with E-state index in [1.54, 1.807) is 6.07 Å². The lowest BCUT2D eigenvalue weighted by atomic mass is 9.81. The molecule has 0 aromatic heterocycles. The second-order valence-corrected chi connectivity index (χ2v) is 6.91. The van der Waals surface area contributed by atoms with E-state index in [0.29, 0.717) is 29.9 Å². The van der Waals surface area contributed by atoms with Crippen molar-refractivity contribution >= 4 is 23.6 Å². The molecule has 0 N–H and O–H groups in total. The number of ketones is 1. The molecule has 1 saturated heterocycles. The van der Waals surface area contributed by atoms with Crippen LogP contribution in [0.2, 0.25) is 0 Å². The number of methoxy groups -OCH3 is 2. The average molecular weight is 389 g/mol. The zero-order valence-corrected chi connectivity index (χ0v) is 15.9. The number of nitrogens with zero attached hydrogens (tertiary/aromatic N) is 1. The summed E-state index contributed by atoms with van der Waals surface area (Å²) < 4.78 is 15.3. The lowest BCUT2D eigenvalue weighted by Gasteiger charge is -2.19. The van der Waals surface area contributed by atoms with E-state index in [0.717, 1.165) is 17.7 Å². The Morgan fingerprint density at radius 1 is 1.00 bits per heavy atom. The fourth-order valence-corrected chi connectivity index (χ4v) is 3.80. The Morgan fingerprint density at radius 2 is 1.61 bits per heavy atom. The number of imide groups is 1. The van der Waals surface area contributed by atoms with E-state index in [1.807, 2.05) is 0 Å². The number of hydrogen-bond acceptors (Lipinski definition) is 7. The first kappa shape index (κ1) is 19.9. The molecule has 0 spiro atoms. The first-order valence-electron chi connectivity index (χ1n) is 9.22. The second-order valence-electron chi connectivity index (χ2n) is 6.91. The summed E-state index contributed by atoms with van der Waals surface area (Å²) in [5, 5.41) is 0. The molecule has 1 aliphatic heterocycles. The highest BCUT2D eigenvalue weighted by Gasteiger charge is 2.48. The minimum absolute atomic E-state index is 0.296. The number of benzene rings is 1. The molecule has 0 bridgehead atoms. The SMILES string of the molecule is COc1ccc(C(=O)COC(=O)CN2C(=O)[C@H]3CCCC[C@@H]3C2=O)cc1OC. The van der Waals surface area contributed by atoms with Crippen molar-refractivity contribution in [2.75, 3.05) is 27.4 Å². The minimum Gasteiger partial charge on any atom is -0.493 e. The lowest BCUT2D eigenvalue weighted by molar-refractivity contribution is -0.152. The van der Waals surface area contributed by atoms with Crippen molar-refractivity contribution in [2.24, 2.45) is 11.8 Å². The summed E-state index contributed by atoms with van der Waals surface area (Å²) in [5.41, 5.74) is 0.296. The third kappa shape index (κ3) is 3.85. The molecular formula is C20H23NO7. The van der Waals surface area contributed by atoms with Gasteiger partial charge in [-0.2, -0.15) is 0 Å². The molecule has 8 heteroatoms. The van der Waals surface area contributed by atoms with Gasteiger partial charge in [-0.3, -0.25) is 24.1 Å². The van der Waals surface area contributed by atoms with Crippen molar-refractivity contribution in [1.29, 1.82) is 0 Å². The quantitative estimate of drug-likeness (QED) is 0.397. The predicted octanol–water partition coefficient (Wildman–Crippen LogP) is 1.60. The van der Waals surface area contributed by atoms with Crippen LogP contribution in [0.3, 0.4) is 0 Å². The first-order chi connectivity index (χ1) is 13.5. The molecule has 2 atom stereocenters. The van der Waals surface area contributed by atoms with Crippen molar-refractivity contribution in [3.63, 3.8) is 0 Å². The van der Waals surface area contributed by atoms with Crippen molar-refractivity contribution in [3.8, 4) is 11.5 Å². The zero-order chi connectivity index (χ0) is 20.3. The maximum Gasteiger partial charge on any atom is 0.326 e. The number of carbonyl (C=O) groups is 4. The van der Waals surface area contributed by atoms with Crippen LogP contribution < -0.4 is 9.47 Å². The number of ether oxygens (including phenoxy) is 3. The molecule has 0 radical (unpaired) electrons. The molecule has 1 aromatic carbocycles. The van der Waals surface area contributed by atoms with E-state index in [9.17, 15) is 19.2 Å². The van der Waals surface area contributed by atoms with Crippen molar-refractivity contribution < 1.29 is 33.4 Å². The van der Waals surface area contributed by atoms with Crippen molar-refractivity contribution in [3.05, 3.63) is 23.8 Å². The van der Waals surface area contributed by atoms with Gasteiger partial charge in [-0.05, 0) is 31.0 Å². The summed E-state index contributed by atoms with van der Waals surface area (Å²) in [5.74, 6) is -1.60. The number of Topliss-reactive ketones (excluding diaryl/α,β-unsaturated/α-hetero) is 1. The van der Waals surface area contributed by atoms with Crippen LogP contribution in [0.1, 0.15) is 36.0 Å². The maximum absolute atomic E-state index is 12.4. The molecule has 2 amide bonds. The summed E-state index contributed by atoms with van der Waals surface area (Å²) in [6, 6.07) is 4.61. The number of rotatable bonds is 7. The Hall–Kier alpha value is -2.90. The lowest BCUT2D eigenvalue weighted by Crippen LogP contribution is -2.37. The first-order valence-corrected chi connectivity index (χ1v) is 9.22. The topological polar surface area (TPSA) is 99.2 Å². The Labute approximate surface area is 162 Å². The van der Waals surface area contributed by atoms with Gasteiger partial charge in [-0.15, -0.1) is 0 Å². The zero-order valence-electron chi connectivity index (χ0n) is 15.9. The van der Waals surface area contributed by atoms with Crippen LogP contribution in [0.4, 0.5) is 0 Å². The number of likely N-dealkylation sites (tertiary alicyclic amines) is 1. The van der Waals surface area contributed by atoms with E-state index >= 15 is 0 Å². The van der Waals surface area contributed by atoms with Gasteiger partial charge in [-0.25, -0.2) is 0 Å². The number of fused-ring (bicyclic) bond motifs is 1. The molecule has 3 rings (SSSR count). The van der Waals surface area contributed by atoms with Crippen LogP contribution in [0.25, 0.3) is 0 Å². The van der Waals surface area contributed by atoms with Gasteiger partial charge < -0.3 is 14.2 Å². The van der Waals surface area contributed by atoms with Crippen molar-refractivity contribution in [2.45, 2.75) is 25.7 Å². The van der Waals surface area contributed by atoms with Gasteiger partial charge in [0.1, 0.15) is 6.54 Å². The summed E-state index contributed by atoms with van der Waals surface area (Å²) >= 11 is 0. The molecule has 28 heavy (non-hydrogen) atoms. The molecule has 1 aliphatic carbocycles. The molecule has 2 fully saturated rings. The minimum atomic E-state index is -0.783. The van der Waals surface area contributed by atoms with Gasteiger partial charge in [-0.1, -0.05) is 12.8 Å². The van der Waals surface area contributed by atoms with Crippen LogP contribution in [-0.4, -0.2) is 55.8 Å². The number of amides is 2. The van der Waals surface area contributed by atoms with Gasteiger partial charge in [0.25, 0.3) is 0 Å². The van der Waals surface area contributed by atoms with E-state index in [4.69, 9.17) is 14.2 Å². The molecule has 1 aromatic rings. The van der Waals surface area contributed by atoms with E-state index in [-0.39, 0.29) is 23.7 Å². The summed E-state index contributed by atoms with van der Waals surface area (Å²) in [6.07, 6.45) is 3.19. The van der Waals surface area contributed by atoms with Gasteiger partial charge in [0.15, 0.2) is 23.9 Å². The highest BCUT2D eigenvalue weighted by Crippen LogP contribution is 2.37. The van der Waals surface area contributed by atoms with Gasteiger partial charge in [0, 0.05) is 5.56 Å². The Morgan fingerprint density at radius 3 is 2.18 bits per heavy atom. The third-order valence-electron chi connectivity index (χ3n) is 5.29. The molecule has 1 heterocycles. The maximum atomic E-state index is 12.4. The van der Waals surface area contributed by atoms with Crippen LogP contribution in [0.15, 0.2) is 18.2 Å². The molecule has 8 nitrogen and oxygen atoms in total. The summed E-state index contributed by atoms with van der Waals surface area (Å²) in [6.45, 7) is -0.943. The highest BCUT2D eigenvalue weighted by atomic mass is 16.5. The molecule has 0 unspecified atom stereocenters. The predicted molar refractivity (Wildman–Crippen MR) is 97.0 cm³/mol. The number of carbonyl (C=O) groups excluding carboxylic acids is 4. The van der Waals surface area contributed by atoms with Crippen LogP contribution in [0, 0.1) is 11.8 Å². The largest absolute Gasteiger partial charge is 0.493 e. The van der Waals surface area contributed by atoms with E-state index < -0.39 is 24.9 Å².